The van der Waals surface area contributed by atoms with Gasteiger partial charge in [0.1, 0.15) is 6.23 Å². The van der Waals surface area contributed by atoms with Gasteiger partial charge in [-0.15, -0.1) is 0 Å². The van der Waals surface area contributed by atoms with Crippen LogP contribution >= 0.6 is 0 Å². The summed E-state index contributed by atoms with van der Waals surface area (Å²) in [5.74, 6) is -0.451. The molecule has 4 heteroatoms. The Balaban J connectivity index is 2.58. The average Bonchev–Trinajstić information content (AvgIpc) is 2.14. The smallest absolute Gasteiger partial charge is 0.337 e. The van der Waals surface area contributed by atoms with Gasteiger partial charge in [0.05, 0.1) is 5.56 Å². The molecule has 0 N–H and O–H groups in total. The van der Waals surface area contributed by atoms with Gasteiger partial charge >= 0.3 is 5.97 Å². The molecule has 82 valence electrons. The van der Waals surface area contributed by atoms with Crippen molar-refractivity contribution >= 4 is 14.4 Å². The highest BCUT2D eigenvalue weighted by Crippen LogP contribution is 2.08. The first-order chi connectivity index (χ1) is 6.88. The number of hydrogen-bond acceptors (Lipinski definition) is 2. The zero-order valence-electron chi connectivity index (χ0n) is 9.21. The topological polar surface area (TPSA) is 26.3 Å². The van der Waals surface area contributed by atoms with Crippen LogP contribution in [0.5, 0.6) is 0 Å². The Hall–Kier alpha value is -1.16. The van der Waals surface area contributed by atoms with Crippen molar-refractivity contribution in [1.82, 2.24) is 0 Å². The average molecular weight is 226 g/mol. The normalized spacial score (nSPS) is 11.2. The number of esters is 1. The van der Waals surface area contributed by atoms with Gasteiger partial charge in [-0.2, -0.15) is 0 Å². The van der Waals surface area contributed by atoms with E-state index in [1.807, 2.05) is 19.1 Å². The second-order valence-electron chi connectivity index (χ2n) is 4.16. The van der Waals surface area contributed by atoms with E-state index in [2.05, 4.69) is 0 Å². The second kappa shape index (κ2) is 4.57. The van der Waals surface area contributed by atoms with Crippen molar-refractivity contribution in [3.63, 3.8) is 0 Å². The van der Waals surface area contributed by atoms with Crippen LogP contribution in [0.25, 0.3) is 0 Å². The number of aryl methyl sites for hydroxylation is 1. The molecule has 0 heterocycles. The maximum Gasteiger partial charge on any atom is 0.337 e. The lowest BCUT2D eigenvalue weighted by molar-refractivity contribution is 0.0559. The minimum atomic E-state index is -2.81. The van der Waals surface area contributed by atoms with Gasteiger partial charge in [-0.25, -0.2) is 4.79 Å². The molecule has 1 rings (SSSR count). The Bertz CT molecular complexity index is 341. The highest BCUT2D eigenvalue weighted by atomic mass is 28.4. The molecule has 0 saturated carbocycles. The SMILES string of the molecule is Cc1ccc(C(=O)OC[Si](C)(C)F)cc1. The van der Waals surface area contributed by atoms with Gasteiger partial charge in [0.15, 0.2) is 0 Å². The Kier molecular flexibility index (Phi) is 3.63. The third-order valence-corrected chi connectivity index (χ3v) is 2.66. The molecule has 15 heavy (non-hydrogen) atoms. The van der Waals surface area contributed by atoms with E-state index in [4.69, 9.17) is 4.74 Å². The molecular formula is C11H15FO2Si. The molecule has 0 aromatic heterocycles. The van der Waals surface area contributed by atoms with Crippen molar-refractivity contribution < 1.29 is 13.6 Å². The maximum absolute atomic E-state index is 13.2. The molecule has 2 nitrogen and oxygen atoms in total. The summed E-state index contributed by atoms with van der Waals surface area (Å²) in [7, 11) is -2.81. The lowest BCUT2D eigenvalue weighted by atomic mass is 10.2. The first-order valence-corrected chi connectivity index (χ1v) is 7.90. The molecule has 1 aromatic rings. The largest absolute Gasteiger partial charge is 0.462 e. The van der Waals surface area contributed by atoms with Gasteiger partial charge in [-0.1, -0.05) is 17.7 Å². The highest BCUT2D eigenvalue weighted by Gasteiger charge is 2.23. The quantitative estimate of drug-likeness (QED) is 0.450. The Morgan fingerprint density at radius 3 is 2.33 bits per heavy atom. The number of halogens is 1. The van der Waals surface area contributed by atoms with Gasteiger partial charge < -0.3 is 8.84 Å². The van der Waals surface area contributed by atoms with Crippen molar-refractivity contribution in [1.29, 1.82) is 0 Å². The number of hydrogen-bond donors (Lipinski definition) is 0. The summed E-state index contributed by atoms with van der Waals surface area (Å²) in [4.78, 5) is 11.4. The van der Waals surface area contributed by atoms with Gasteiger partial charge in [-0.3, -0.25) is 0 Å². The van der Waals surface area contributed by atoms with E-state index in [1.165, 1.54) is 13.1 Å². The summed E-state index contributed by atoms with van der Waals surface area (Å²) in [6, 6.07) is 7.03. The minimum Gasteiger partial charge on any atom is -0.462 e. The monoisotopic (exact) mass is 226 g/mol. The van der Waals surface area contributed by atoms with Crippen molar-refractivity contribution in [2.75, 3.05) is 6.23 Å². The van der Waals surface area contributed by atoms with Crippen LogP contribution in [0.1, 0.15) is 15.9 Å². The molecule has 0 spiro atoms. The van der Waals surface area contributed by atoms with Crippen LogP contribution in [0, 0.1) is 6.92 Å². The number of ether oxygens (including phenoxy) is 1. The van der Waals surface area contributed by atoms with E-state index in [0.717, 1.165) is 5.56 Å². The number of rotatable bonds is 3. The Morgan fingerprint density at radius 2 is 1.87 bits per heavy atom. The number of carbonyl (C=O) groups excluding carboxylic acids is 1. The second-order valence-corrected chi connectivity index (χ2v) is 7.89. The van der Waals surface area contributed by atoms with Crippen LogP contribution in [-0.4, -0.2) is 20.6 Å². The molecule has 0 aliphatic rings. The Labute approximate surface area is 90.3 Å². The lowest BCUT2D eigenvalue weighted by Gasteiger charge is -2.11. The van der Waals surface area contributed by atoms with Gasteiger partial charge in [0, 0.05) is 0 Å². The molecule has 0 unspecified atom stereocenters. The van der Waals surface area contributed by atoms with E-state index in [-0.39, 0.29) is 6.23 Å². The lowest BCUT2D eigenvalue weighted by Crippen LogP contribution is -2.28. The molecule has 0 amide bonds. The molecule has 0 atom stereocenters. The summed E-state index contributed by atoms with van der Waals surface area (Å²) in [5, 5.41) is 0. The minimum absolute atomic E-state index is 0.0836. The summed E-state index contributed by atoms with van der Waals surface area (Å²) in [5.41, 5.74) is 1.55. The van der Waals surface area contributed by atoms with E-state index >= 15 is 0 Å². The molecule has 0 aliphatic heterocycles. The van der Waals surface area contributed by atoms with Crippen LogP contribution < -0.4 is 0 Å². The van der Waals surface area contributed by atoms with Gasteiger partial charge in [0.25, 0.3) is 8.41 Å². The Morgan fingerprint density at radius 1 is 1.33 bits per heavy atom. The van der Waals surface area contributed by atoms with E-state index in [9.17, 15) is 8.90 Å². The van der Waals surface area contributed by atoms with Crippen LogP contribution in [0.2, 0.25) is 13.1 Å². The molecule has 0 fully saturated rings. The van der Waals surface area contributed by atoms with E-state index in [1.54, 1.807) is 12.1 Å². The predicted octanol–water partition coefficient (Wildman–Crippen LogP) is 2.87. The fraction of sp³-hybridized carbons (Fsp3) is 0.364. The van der Waals surface area contributed by atoms with Crippen LogP contribution in [0.4, 0.5) is 4.11 Å². The number of carbonyl (C=O) groups is 1. The molecule has 0 saturated heterocycles. The molecular weight excluding hydrogens is 211 g/mol. The van der Waals surface area contributed by atoms with Crippen molar-refractivity contribution in [3.8, 4) is 0 Å². The first kappa shape index (κ1) is 11.9. The summed E-state index contributed by atoms with van der Waals surface area (Å²) < 4.78 is 18.1. The number of benzene rings is 1. The standard InChI is InChI=1S/C11H15FO2Si/c1-9-4-6-10(7-5-9)11(13)14-8-15(2,3)12/h4-7H,8H2,1-3H3. The fourth-order valence-electron chi connectivity index (χ4n) is 1.01. The molecule has 0 radical (unpaired) electrons. The van der Waals surface area contributed by atoms with Gasteiger partial charge in [0.2, 0.25) is 0 Å². The van der Waals surface area contributed by atoms with Crippen molar-refractivity contribution in [2.45, 2.75) is 20.0 Å². The van der Waals surface area contributed by atoms with Crippen LogP contribution in [-0.2, 0) is 4.74 Å². The molecule has 0 bridgehead atoms. The third-order valence-electron chi connectivity index (χ3n) is 1.83. The highest BCUT2D eigenvalue weighted by molar-refractivity contribution is 6.70. The molecule has 1 aromatic carbocycles. The summed E-state index contributed by atoms with van der Waals surface area (Å²) in [6.07, 6.45) is -0.0836. The summed E-state index contributed by atoms with van der Waals surface area (Å²) >= 11 is 0. The van der Waals surface area contributed by atoms with Crippen molar-refractivity contribution in [2.24, 2.45) is 0 Å². The maximum atomic E-state index is 13.2. The van der Waals surface area contributed by atoms with Crippen LogP contribution in [0.3, 0.4) is 0 Å². The predicted molar refractivity (Wildman–Crippen MR) is 60.1 cm³/mol. The van der Waals surface area contributed by atoms with E-state index < -0.39 is 14.4 Å². The van der Waals surface area contributed by atoms with Gasteiger partial charge in [-0.05, 0) is 32.2 Å². The van der Waals surface area contributed by atoms with E-state index in [0.29, 0.717) is 5.56 Å². The fourth-order valence-corrected chi connectivity index (χ4v) is 1.48. The first-order valence-electron chi connectivity index (χ1n) is 4.81. The molecule has 0 aliphatic carbocycles. The van der Waals surface area contributed by atoms with Crippen molar-refractivity contribution in [3.05, 3.63) is 35.4 Å². The summed E-state index contributed by atoms with van der Waals surface area (Å²) in [6.45, 7) is 4.96. The third kappa shape index (κ3) is 4.25. The zero-order valence-corrected chi connectivity index (χ0v) is 10.2. The zero-order chi connectivity index (χ0) is 11.5. The van der Waals surface area contributed by atoms with Crippen LogP contribution in [0.15, 0.2) is 24.3 Å².